The SMILES string of the molecule is CCNC(C)CC(=O)NCCN1CCSCC1. The minimum Gasteiger partial charge on any atom is -0.355 e. The van der Waals surface area contributed by atoms with Crippen molar-refractivity contribution in [2.24, 2.45) is 0 Å². The van der Waals surface area contributed by atoms with E-state index in [0.717, 1.165) is 32.7 Å². The molecule has 0 aromatic carbocycles. The lowest BCUT2D eigenvalue weighted by Gasteiger charge is -2.26. The average Bonchev–Trinajstić information content (AvgIpc) is 2.30. The summed E-state index contributed by atoms with van der Waals surface area (Å²) in [5.41, 5.74) is 0. The van der Waals surface area contributed by atoms with Gasteiger partial charge in [-0.1, -0.05) is 6.92 Å². The largest absolute Gasteiger partial charge is 0.355 e. The quantitative estimate of drug-likeness (QED) is 0.700. The summed E-state index contributed by atoms with van der Waals surface area (Å²) in [4.78, 5) is 14.0. The van der Waals surface area contributed by atoms with Crippen LogP contribution in [0.15, 0.2) is 0 Å². The summed E-state index contributed by atoms with van der Waals surface area (Å²) < 4.78 is 0. The number of carbonyl (C=O) groups is 1. The zero-order valence-corrected chi connectivity index (χ0v) is 11.8. The molecule has 1 saturated heterocycles. The predicted octanol–water partition coefficient (Wildman–Crippen LogP) is 0.540. The van der Waals surface area contributed by atoms with Crippen molar-refractivity contribution in [1.82, 2.24) is 15.5 Å². The normalized spacial score (nSPS) is 18.9. The number of hydrogen-bond donors (Lipinski definition) is 2. The molecule has 100 valence electrons. The molecular formula is C12H25N3OS. The highest BCUT2D eigenvalue weighted by Gasteiger charge is 2.11. The molecule has 0 radical (unpaired) electrons. The van der Waals surface area contributed by atoms with Gasteiger partial charge in [-0.05, 0) is 13.5 Å². The van der Waals surface area contributed by atoms with Crippen LogP contribution in [0.4, 0.5) is 0 Å². The number of hydrogen-bond acceptors (Lipinski definition) is 4. The van der Waals surface area contributed by atoms with Gasteiger partial charge in [-0.2, -0.15) is 11.8 Å². The number of nitrogens with one attached hydrogen (secondary N) is 2. The number of thioether (sulfide) groups is 1. The van der Waals surface area contributed by atoms with Gasteiger partial charge in [-0.3, -0.25) is 9.69 Å². The minimum atomic E-state index is 0.157. The summed E-state index contributed by atoms with van der Waals surface area (Å²) in [5.74, 6) is 2.61. The Morgan fingerprint density at radius 3 is 2.76 bits per heavy atom. The Morgan fingerprint density at radius 1 is 1.41 bits per heavy atom. The van der Waals surface area contributed by atoms with Crippen LogP contribution in [-0.4, -0.2) is 61.1 Å². The molecule has 0 aliphatic carbocycles. The van der Waals surface area contributed by atoms with E-state index in [0.29, 0.717) is 6.42 Å². The van der Waals surface area contributed by atoms with Crippen LogP contribution in [0.25, 0.3) is 0 Å². The van der Waals surface area contributed by atoms with E-state index in [9.17, 15) is 4.79 Å². The number of amides is 1. The maximum atomic E-state index is 11.6. The zero-order chi connectivity index (χ0) is 12.5. The van der Waals surface area contributed by atoms with Crippen LogP contribution >= 0.6 is 11.8 Å². The first-order valence-electron chi connectivity index (χ1n) is 6.52. The standard InChI is InChI=1S/C12H25N3OS/c1-3-13-11(2)10-12(16)14-4-5-15-6-8-17-9-7-15/h11,13H,3-10H2,1-2H3,(H,14,16). The monoisotopic (exact) mass is 259 g/mol. The lowest BCUT2D eigenvalue weighted by atomic mass is 10.2. The van der Waals surface area contributed by atoms with Gasteiger partial charge in [0, 0.05) is 50.1 Å². The first-order valence-corrected chi connectivity index (χ1v) is 7.68. The molecule has 1 fully saturated rings. The maximum Gasteiger partial charge on any atom is 0.221 e. The van der Waals surface area contributed by atoms with Gasteiger partial charge < -0.3 is 10.6 Å². The molecule has 0 aromatic rings. The molecule has 17 heavy (non-hydrogen) atoms. The van der Waals surface area contributed by atoms with Crippen LogP contribution in [0.3, 0.4) is 0 Å². The van der Waals surface area contributed by atoms with Gasteiger partial charge in [-0.25, -0.2) is 0 Å². The lowest BCUT2D eigenvalue weighted by molar-refractivity contribution is -0.121. The third-order valence-electron chi connectivity index (χ3n) is 2.90. The first kappa shape index (κ1) is 14.8. The molecule has 5 heteroatoms. The number of nitrogens with zero attached hydrogens (tertiary/aromatic N) is 1. The molecule has 1 amide bonds. The van der Waals surface area contributed by atoms with E-state index in [2.05, 4.69) is 22.5 Å². The fraction of sp³-hybridized carbons (Fsp3) is 0.917. The van der Waals surface area contributed by atoms with Gasteiger partial charge in [0.1, 0.15) is 0 Å². The average molecular weight is 259 g/mol. The zero-order valence-electron chi connectivity index (χ0n) is 11.0. The summed E-state index contributed by atoms with van der Waals surface area (Å²) in [6, 6.07) is 0.270. The van der Waals surface area contributed by atoms with Crippen LogP contribution in [0.5, 0.6) is 0 Å². The summed E-state index contributed by atoms with van der Waals surface area (Å²) in [7, 11) is 0. The molecule has 1 heterocycles. The summed E-state index contributed by atoms with van der Waals surface area (Å²) >= 11 is 2.02. The molecular weight excluding hydrogens is 234 g/mol. The molecule has 4 nitrogen and oxygen atoms in total. The van der Waals surface area contributed by atoms with Crippen molar-refractivity contribution in [3.05, 3.63) is 0 Å². The molecule has 0 saturated carbocycles. The van der Waals surface area contributed by atoms with Crippen LogP contribution in [0, 0.1) is 0 Å². The van der Waals surface area contributed by atoms with Gasteiger partial charge in [0.15, 0.2) is 0 Å². The Kier molecular flexibility index (Phi) is 7.64. The van der Waals surface area contributed by atoms with Crippen molar-refractivity contribution >= 4 is 17.7 Å². The molecule has 0 aromatic heterocycles. The van der Waals surface area contributed by atoms with Crippen molar-refractivity contribution in [2.75, 3.05) is 44.2 Å². The second kappa shape index (κ2) is 8.78. The molecule has 1 rings (SSSR count). The van der Waals surface area contributed by atoms with E-state index < -0.39 is 0 Å². The van der Waals surface area contributed by atoms with E-state index in [4.69, 9.17) is 0 Å². The molecule has 2 N–H and O–H groups in total. The van der Waals surface area contributed by atoms with E-state index in [1.807, 2.05) is 18.7 Å². The smallest absolute Gasteiger partial charge is 0.221 e. The summed E-state index contributed by atoms with van der Waals surface area (Å²) in [6.07, 6.45) is 0.573. The van der Waals surface area contributed by atoms with E-state index in [1.165, 1.54) is 11.5 Å². The Hall–Kier alpha value is -0.260. The van der Waals surface area contributed by atoms with Gasteiger partial charge in [0.05, 0.1) is 0 Å². The van der Waals surface area contributed by atoms with Gasteiger partial charge in [0.2, 0.25) is 5.91 Å². The molecule has 0 bridgehead atoms. The predicted molar refractivity (Wildman–Crippen MR) is 74.5 cm³/mol. The Morgan fingerprint density at radius 2 is 2.12 bits per heavy atom. The highest BCUT2D eigenvalue weighted by Crippen LogP contribution is 2.07. The third-order valence-corrected chi connectivity index (χ3v) is 3.84. The van der Waals surface area contributed by atoms with Gasteiger partial charge >= 0.3 is 0 Å². The highest BCUT2D eigenvalue weighted by atomic mass is 32.2. The van der Waals surface area contributed by atoms with Crippen LogP contribution < -0.4 is 10.6 Å². The van der Waals surface area contributed by atoms with Crippen molar-refractivity contribution in [2.45, 2.75) is 26.3 Å². The van der Waals surface area contributed by atoms with Crippen molar-refractivity contribution in [3.8, 4) is 0 Å². The van der Waals surface area contributed by atoms with Crippen LogP contribution in [0.2, 0.25) is 0 Å². The number of carbonyl (C=O) groups excluding carboxylic acids is 1. The van der Waals surface area contributed by atoms with Crippen molar-refractivity contribution in [1.29, 1.82) is 0 Å². The highest BCUT2D eigenvalue weighted by molar-refractivity contribution is 7.99. The van der Waals surface area contributed by atoms with Crippen LogP contribution in [0.1, 0.15) is 20.3 Å². The summed E-state index contributed by atoms with van der Waals surface area (Å²) in [6.45, 7) is 9.11. The fourth-order valence-corrected chi connectivity index (χ4v) is 2.93. The van der Waals surface area contributed by atoms with E-state index >= 15 is 0 Å². The second-order valence-electron chi connectivity index (χ2n) is 4.47. The van der Waals surface area contributed by atoms with Crippen LogP contribution in [-0.2, 0) is 4.79 Å². The minimum absolute atomic E-state index is 0.157. The van der Waals surface area contributed by atoms with Gasteiger partial charge in [-0.15, -0.1) is 0 Å². The Bertz CT molecular complexity index is 220. The number of rotatable bonds is 7. The molecule has 1 atom stereocenters. The topological polar surface area (TPSA) is 44.4 Å². The maximum absolute atomic E-state index is 11.6. The van der Waals surface area contributed by atoms with Crippen molar-refractivity contribution in [3.63, 3.8) is 0 Å². The fourth-order valence-electron chi connectivity index (χ4n) is 1.95. The third kappa shape index (κ3) is 6.91. The van der Waals surface area contributed by atoms with E-state index in [1.54, 1.807) is 0 Å². The Labute approximate surface area is 109 Å². The molecule has 1 aliphatic heterocycles. The second-order valence-corrected chi connectivity index (χ2v) is 5.69. The molecule has 1 unspecified atom stereocenters. The molecule has 0 spiro atoms. The van der Waals surface area contributed by atoms with E-state index in [-0.39, 0.29) is 11.9 Å². The first-order chi connectivity index (χ1) is 8.22. The Balaban J connectivity index is 2.03. The van der Waals surface area contributed by atoms with Crippen molar-refractivity contribution < 1.29 is 4.79 Å². The lowest BCUT2D eigenvalue weighted by Crippen LogP contribution is -2.40. The summed E-state index contributed by atoms with van der Waals surface area (Å²) in [5, 5.41) is 6.23. The molecule has 1 aliphatic rings. The van der Waals surface area contributed by atoms with Gasteiger partial charge in [0.25, 0.3) is 0 Å².